The predicted molar refractivity (Wildman–Crippen MR) is 84.9 cm³/mol. The van der Waals surface area contributed by atoms with Crippen molar-refractivity contribution in [3.05, 3.63) is 35.9 Å². The first kappa shape index (κ1) is 15.6. The first-order valence-corrected chi connectivity index (χ1v) is 7.75. The Kier molecular flexibility index (Phi) is 4.60. The minimum Gasteiger partial charge on any atom is -0.403 e. The zero-order chi connectivity index (χ0) is 14.8. The third-order valence-electron chi connectivity index (χ3n) is 4.66. The molecule has 0 aromatic heterocycles. The van der Waals surface area contributed by atoms with Gasteiger partial charge in [0.05, 0.1) is 11.2 Å². The van der Waals surface area contributed by atoms with Gasteiger partial charge in [-0.2, -0.15) is 0 Å². The summed E-state index contributed by atoms with van der Waals surface area (Å²) in [6.45, 7) is 10.7. The molecule has 1 aliphatic heterocycles. The summed E-state index contributed by atoms with van der Waals surface area (Å²) in [6.07, 6.45) is 3.30. The van der Waals surface area contributed by atoms with E-state index in [0.717, 1.165) is 19.3 Å². The van der Waals surface area contributed by atoms with Gasteiger partial charge in [-0.25, -0.2) is 0 Å². The van der Waals surface area contributed by atoms with Crippen molar-refractivity contribution in [2.24, 2.45) is 0 Å². The Bertz CT molecular complexity index is 412. The van der Waals surface area contributed by atoms with Crippen molar-refractivity contribution in [2.45, 2.75) is 70.9 Å². The molecule has 1 aromatic rings. The average Bonchev–Trinajstić information content (AvgIpc) is 2.59. The van der Waals surface area contributed by atoms with Crippen LogP contribution in [0.3, 0.4) is 0 Å². The molecular formula is C17H27BO2. The number of hydrogen-bond acceptors (Lipinski definition) is 2. The molecule has 1 atom stereocenters. The van der Waals surface area contributed by atoms with Crippen LogP contribution in [0.25, 0.3) is 0 Å². The fourth-order valence-electron chi connectivity index (χ4n) is 2.70. The lowest BCUT2D eigenvalue weighted by Crippen LogP contribution is -2.41. The molecule has 0 saturated carbocycles. The van der Waals surface area contributed by atoms with Gasteiger partial charge < -0.3 is 9.31 Å². The van der Waals surface area contributed by atoms with E-state index < -0.39 is 0 Å². The Morgan fingerprint density at radius 3 is 2.05 bits per heavy atom. The molecule has 3 heteroatoms. The molecule has 1 heterocycles. The minimum absolute atomic E-state index is 0.0971. The van der Waals surface area contributed by atoms with E-state index in [2.05, 4.69) is 65.0 Å². The topological polar surface area (TPSA) is 18.5 Å². The molecule has 0 spiro atoms. The molecule has 1 aliphatic rings. The fourth-order valence-corrected chi connectivity index (χ4v) is 2.70. The van der Waals surface area contributed by atoms with Crippen molar-refractivity contribution in [2.75, 3.05) is 0 Å². The molecule has 1 fully saturated rings. The Balaban J connectivity index is 2.10. The van der Waals surface area contributed by atoms with Gasteiger partial charge in [0.2, 0.25) is 0 Å². The van der Waals surface area contributed by atoms with Crippen LogP contribution in [-0.4, -0.2) is 18.3 Å². The van der Waals surface area contributed by atoms with Crippen molar-refractivity contribution in [3.8, 4) is 0 Å². The highest BCUT2D eigenvalue weighted by Gasteiger charge is 2.53. The molecule has 1 aromatic carbocycles. The molecule has 110 valence electrons. The van der Waals surface area contributed by atoms with E-state index in [1.807, 2.05) is 0 Å². The molecule has 0 N–H and O–H groups in total. The van der Waals surface area contributed by atoms with Crippen molar-refractivity contribution in [1.29, 1.82) is 0 Å². The van der Waals surface area contributed by atoms with Gasteiger partial charge in [-0.05, 0) is 45.5 Å². The fraction of sp³-hybridized carbons (Fsp3) is 0.647. The Labute approximate surface area is 124 Å². The second-order valence-corrected chi connectivity index (χ2v) is 6.86. The van der Waals surface area contributed by atoms with Crippen LogP contribution in [0, 0.1) is 0 Å². The van der Waals surface area contributed by atoms with E-state index in [1.165, 1.54) is 5.56 Å². The van der Waals surface area contributed by atoms with E-state index in [-0.39, 0.29) is 18.3 Å². The van der Waals surface area contributed by atoms with E-state index in [9.17, 15) is 0 Å². The van der Waals surface area contributed by atoms with E-state index in [4.69, 9.17) is 9.31 Å². The maximum Gasteiger partial charge on any atom is 0.461 e. The van der Waals surface area contributed by atoms with Gasteiger partial charge in [-0.15, -0.1) is 0 Å². The highest BCUT2D eigenvalue weighted by molar-refractivity contribution is 6.47. The zero-order valence-electron chi connectivity index (χ0n) is 13.5. The summed E-state index contributed by atoms with van der Waals surface area (Å²) < 4.78 is 12.5. The maximum absolute atomic E-state index is 6.23. The minimum atomic E-state index is -0.236. The van der Waals surface area contributed by atoms with Crippen molar-refractivity contribution >= 4 is 7.12 Å². The lowest BCUT2D eigenvalue weighted by Gasteiger charge is -2.32. The SMILES string of the molecule is CCCC(Cc1ccccc1)B1OC(C)(C)C(C)(C)O1. The Morgan fingerprint density at radius 2 is 1.55 bits per heavy atom. The number of hydrogen-bond donors (Lipinski definition) is 0. The molecule has 20 heavy (non-hydrogen) atoms. The number of rotatable bonds is 5. The molecule has 2 nitrogen and oxygen atoms in total. The van der Waals surface area contributed by atoms with Gasteiger partial charge in [-0.3, -0.25) is 0 Å². The van der Waals surface area contributed by atoms with Gasteiger partial charge in [0, 0.05) is 0 Å². The van der Waals surface area contributed by atoms with E-state index in [1.54, 1.807) is 0 Å². The van der Waals surface area contributed by atoms with Crippen molar-refractivity contribution in [1.82, 2.24) is 0 Å². The van der Waals surface area contributed by atoms with Crippen molar-refractivity contribution in [3.63, 3.8) is 0 Å². The number of benzene rings is 1. The van der Waals surface area contributed by atoms with Crippen LogP contribution in [0.1, 0.15) is 53.0 Å². The largest absolute Gasteiger partial charge is 0.461 e. The smallest absolute Gasteiger partial charge is 0.403 e. The van der Waals surface area contributed by atoms with Crippen LogP contribution in [0.5, 0.6) is 0 Å². The summed E-state index contributed by atoms with van der Waals surface area (Å²) >= 11 is 0. The molecule has 2 rings (SSSR count). The maximum atomic E-state index is 6.23. The molecule has 0 aliphatic carbocycles. The third-order valence-corrected chi connectivity index (χ3v) is 4.66. The highest BCUT2D eigenvalue weighted by atomic mass is 16.7. The van der Waals surface area contributed by atoms with Crippen LogP contribution >= 0.6 is 0 Å². The van der Waals surface area contributed by atoms with Crippen LogP contribution in [0.15, 0.2) is 30.3 Å². The zero-order valence-corrected chi connectivity index (χ0v) is 13.5. The summed E-state index contributed by atoms with van der Waals surface area (Å²) in [6, 6.07) is 10.6. The van der Waals surface area contributed by atoms with Gasteiger partial charge in [0.1, 0.15) is 0 Å². The normalized spacial score (nSPS) is 21.9. The molecule has 0 bridgehead atoms. The quantitative estimate of drug-likeness (QED) is 0.736. The van der Waals surface area contributed by atoms with E-state index in [0.29, 0.717) is 5.82 Å². The van der Waals surface area contributed by atoms with Crippen LogP contribution < -0.4 is 0 Å². The Morgan fingerprint density at radius 1 is 1.00 bits per heavy atom. The summed E-state index contributed by atoms with van der Waals surface area (Å²) in [7, 11) is -0.0971. The van der Waals surface area contributed by atoms with Crippen LogP contribution in [-0.2, 0) is 15.7 Å². The third kappa shape index (κ3) is 3.26. The lowest BCUT2D eigenvalue weighted by atomic mass is 9.66. The van der Waals surface area contributed by atoms with Gasteiger partial charge in [-0.1, -0.05) is 50.1 Å². The van der Waals surface area contributed by atoms with Crippen LogP contribution in [0.2, 0.25) is 5.82 Å². The molecular weight excluding hydrogens is 247 g/mol. The van der Waals surface area contributed by atoms with Gasteiger partial charge in [0.25, 0.3) is 0 Å². The average molecular weight is 274 g/mol. The molecule has 1 unspecified atom stereocenters. The molecule has 0 radical (unpaired) electrons. The predicted octanol–water partition coefficient (Wildman–Crippen LogP) is 4.49. The first-order chi connectivity index (χ1) is 9.36. The van der Waals surface area contributed by atoms with Gasteiger partial charge in [0.15, 0.2) is 0 Å². The lowest BCUT2D eigenvalue weighted by molar-refractivity contribution is 0.00578. The van der Waals surface area contributed by atoms with Crippen LogP contribution in [0.4, 0.5) is 0 Å². The summed E-state index contributed by atoms with van der Waals surface area (Å²) in [5.74, 6) is 0.420. The first-order valence-electron chi connectivity index (χ1n) is 7.75. The summed E-state index contributed by atoms with van der Waals surface area (Å²) in [4.78, 5) is 0. The molecule has 1 saturated heterocycles. The highest BCUT2D eigenvalue weighted by Crippen LogP contribution is 2.41. The van der Waals surface area contributed by atoms with Crippen molar-refractivity contribution < 1.29 is 9.31 Å². The monoisotopic (exact) mass is 274 g/mol. The van der Waals surface area contributed by atoms with Gasteiger partial charge >= 0.3 is 7.12 Å². The standard InChI is InChI=1S/C17H27BO2/c1-6-10-15(13-14-11-8-7-9-12-14)18-19-16(2,3)17(4,5)20-18/h7-9,11-12,15H,6,10,13H2,1-5H3. The second kappa shape index (κ2) is 5.91. The second-order valence-electron chi connectivity index (χ2n) is 6.86. The Hall–Kier alpha value is -0.795. The van der Waals surface area contributed by atoms with E-state index >= 15 is 0 Å². The summed E-state index contributed by atoms with van der Waals surface area (Å²) in [5, 5.41) is 0. The molecule has 0 amide bonds. The summed E-state index contributed by atoms with van der Waals surface area (Å²) in [5.41, 5.74) is 0.890.